The highest BCUT2D eigenvalue weighted by atomic mass is 16.5. The van der Waals surface area contributed by atoms with Crippen LogP contribution >= 0.6 is 0 Å². The molecular formula is C28H32N3O2+. The number of rotatable bonds is 3. The molecule has 0 saturated heterocycles. The number of hydrogen-bond acceptors (Lipinski definition) is 4. The maximum Gasteiger partial charge on any atom is 0.209 e. The van der Waals surface area contributed by atoms with Crippen LogP contribution in [0.5, 0.6) is 0 Å². The second-order valence-electron chi connectivity index (χ2n) is 10.4. The number of Topliss-reactive ketones (excluding diaryl/α,β-unsaturated/α-hetero) is 1. The molecular weight excluding hydrogens is 410 g/mol. The first-order valence-electron chi connectivity index (χ1n) is 11.5. The third-order valence-corrected chi connectivity index (χ3v) is 7.93. The highest BCUT2D eigenvalue weighted by Crippen LogP contribution is 2.48. The van der Waals surface area contributed by atoms with Crippen LogP contribution in [0.4, 0.5) is 11.4 Å². The molecule has 2 aromatic rings. The summed E-state index contributed by atoms with van der Waals surface area (Å²) in [5, 5.41) is 10.0. The Labute approximate surface area is 195 Å². The van der Waals surface area contributed by atoms with Crippen LogP contribution in [0.2, 0.25) is 0 Å². The summed E-state index contributed by atoms with van der Waals surface area (Å²) in [6.45, 7) is 8.73. The normalized spacial score (nSPS) is 27.2. The Bertz CT molecular complexity index is 1270. The number of hydroxylamine groups is 1. The largest absolute Gasteiger partial charge is 0.347 e. The first-order chi connectivity index (χ1) is 15.6. The maximum atomic E-state index is 13.4. The Morgan fingerprint density at radius 1 is 1.00 bits per heavy atom. The van der Waals surface area contributed by atoms with Crippen LogP contribution in [0.1, 0.15) is 38.8 Å². The van der Waals surface area contributed by atoms with E-state index in [0.29, 0.717) is 5.57 Å². The molecule has 0 aromatic heterocycles. The van der Waals surface area contributed by atoms with E-state index in [2.05, 4.69) is 79.0 Å². The van der Waals surface area contributed by atoms with E-state index in [-0.39, 0.29) is 16.6 Å². The van der Waals surface area contributed by atoms with Crippen molar-refractivity contribution in [3.8, 4) is 0 Å². The van der Waals surface area contributed by atoms with Crippen molar-refractivity contribution in [2.24, 2.45) is 5.92 Å². The van der Waals surface area contributed by atoms with E-state index in [1.165, 1.54) is 11.1 Å². The number of hydrogen-bond donors (Lipinski definition) is 2. The lowest BCUT2D eigenvalue weighted by atomic mass is 9.69. The van der Waals surface area contributed by atoms with Gasteiger partial charge in [-0.15, -0.1) is 0 Å². The second-order valence-corrected chi connectivity index (χ2v) is 10.4. The van der Waals surface area contributed by atoms with Crippen molar-refractivity contribution < 1.29 is 14.6 Å². The van der Waals surface area contributed by atoms with Gasteiger partial charge in [-0.05, 0) is 25.5 Å². The minimum Gasteiger partial charge on any atom is -0.347 e. The van der Waals surface area contributed by atoms with Gasteiger partial charge in [-0.25, -0.2) is 0 Å². The molecule has 1 fully saturated rings. The SMILES string of the molecule is CN1C(=CC2C(=O)C(=CC3=[N+](C)c4ccccc4C3(C)C)C2NO)C(C)(C)c2ccccc21. The number of likely N-dealkylation sites (N-methyl/N-ethyl adjacent to an activating group) is 1. The second kappa shape index (κ2) is 7.24. The molecule has 2 aromatic carbocycles. The molecule has 1 saturated carbocycles. The fourth-order valence-corrected chi connectivity index (χ4v) is 5.96. The third kappa shape index (κ3) is 2.92. The summed E-state index contributed by atoms with van der Waals surface area (Å²) >= 11 is 0. The van der Waals surface area contributed by atoms with Gasteiger partial charge in [0.05, 0.1) is 17.4 Å². The average molecular weight is 443 g/mol. The van der Waals surface area contributed by atoms with Gasteiger partial charge in [0.2, 0.25) is 5.69 Å². The Kier molecular flexibility index (Phi) is 4.78. The summed E-state index contributed by atoms with van der Waals surface area (Å²) in [6, 6.07) is 16.3. The van der Waals surface area contributed by atoms with Crippen molar-refractivity contribution >= 4 is 22.9 Å². The van der Waals surface area contributed by atoms with Crippen LogP contribution in [0.15, 0.2) is 72.0 Å². The number of benzene rings is 2. The highest BCUT2D eigenvalue weighted by molar-refractivity contribution is 6.14. The zero-order valence-corrected chi connectivity index (χ0v) is 20.2. The lowest BCUT2D eigenvalue weighted by molar-refractivity contribution is -0.401. The topological polar surface area (TPSA) is 55.6 Å². The van der Waals surface area contributed by atoms with Gasteiger partial charge in [0.15, 0.2) is 11.5 Å². The Morgan fingerprint density at radius 2 is 1.64 bits per heavy atom. The number of nitrogens with zero attached hydrogens (tertiary/aromatic N) is 2. The van der Waals surface area contributed by atoms with Gasteiger partial charge in [0, 0.05) is 47.1 Å². The van der Waals surface area contributed by atoms with E-state index < -0.39 is 12.0 Å². The van der Waals surface area contributed by atoms with Crippen molar-refractivity contribution in [1.29, 1.82) is 0 Å². The fraction of sp³-hybridized carbons (Fsp3) is 0.357. The van der Waals surface area contributed by atoms with Gasteiger partial charge >= 0.3 is 0 Å². The van der Waals surface area contributed by atoms with Gasteiger partial charge in [-0.3, -0.25) is 4.79 Å². The van der Waals surface area contributed by atoms with E-state index in [9.17, 15) is 10.0 Å². The van der Waals surface area contributed by atoms with Crippen molar-refractivity contribution in [2.75, 3.05) is 19.0 Å². The molecule has 2 aliphatic heterocycles. The third-order valence-electron chi connectivity index (χ3n) is 7.93. The average Bonchev–Trinajstić information content (AvgIpc) is 3.11. The maximum absolute atomic E-state index is 13.4. The van der Waals surface area contributed by atoms with Gasteiger partial charge < -0.3 is 10.1 Å². The van der Waals surface area contributed by atoms with Crippen LogP contribution in [-0.2, 0) is 15.6 Å². The Morgan fingerprint density at radius 3 is 2.27 bits per heavy atom. The zero-order valence-electron chi connectivity index (χ0n) is 20.2. The number of carbonyl (C=O) groups excluding carboxylic acids is 1. The molecule has 170 valence electrons. The van der Waals surface area contributed by atoms with E-state index in [1.807, 2.05) is 38.4 Å². The first-order valence-corrected chi connectivity index (χ1v) is 11.5. The number of para-hydroxylation sites is 2. The summed E-state index contributed by atoms with van der Waals surface area (Å²) in [4.78, 5) is 15.5. The lowest BCUT2D eigenvalue weighted by Gasteiger charge is -2.37. The Balaban J connectivity index is 1.50. The molecule has 33 heavy (non-hydrogen) atoms. The molecule has 3 aliphatic rings. The predicted octanol–water partition coefficient (Wildman–Crippen LogP) is 4.48. The van der Waals surface area contributed by atoms with Gasteiger partial charge in [0.1, 0.15) is 7.05 Å². The number of anilines is 1. The first kappa shape index (κ1) is 21.8. The van der Waals surface area contributed by atoms with Gasteiger partial charge in [0.25, 0.3) is 0 Å². The molecule has 5 nitrogen and oxygen atoms in total. The summed E-state index contributed by atoms with van der Waals surface area (Å²) in [7, 11) is 4.08. The van der Waals surface area contributed by atoms with Gasteiger partial charge in [-0.1, -0.05) is 56.3 Å². The van der Waals surface area contributed by atoms with Crippen LogP contribution in [0.3, 0.4) is 0 Å². The van der Waals surface area contributed by atoms with E-state index in [0.717, 1.165) is 22.8 Å². The van der Waals surface area contributed by atoms with Crippen LogP contribution in [-0.4, -0.2) is 41.4 Å². The smallest absolute Gasteiger partial charge is 0.209 e. The summed E-state index contributed by atoms with van der Waals surface area (Å²) in [5.41, 5.74) is 9.55. The van der Waals surface area contributed by atoms with Crippen molar-refractivity contribution in [3.63, 3.8) is 0 Å². The van der Waals surface area contributed by atoms with Crippen molar-refractivity contribution in [2.45, 2.75) is 44.6 Å². The number of ketones is 1. The van der Waals surface area contributed by atoms with Crippen molar-refractivity contribution in [1.82, 2.24) is 5.48 Å². The molecule has 0 amide bonds. The number of nitrogens with one attached hydrogen (secondary N) is 1. The zero-order chi connectivity index (χ0) is 23.7. The van der Waals surface area contributed by atoms with Crippen LogP contribution < -0.4 is 10.4 Å². The summed E-state index contributed by atoms with van der Waals surface area (Å²) in [5.74, 6) is -0.355. The van der Waals surface area contributed by atoms with Crippen molar-refractivity contribution in [3.05, 3.63) is 83.1 Å². The molecule has 5 rings (SSSR count). The minimum absolute atomic E-state index is 0.0573. The lowest BCUT2D eigenvalue weighted by Crippen LogP contribution is -2.53. The molecule has 0 radical (unpaired) electrons. The highest BCUT2D eigenvalue weighted by Gasteiger charge is 2.50. The summed E-state index contributed by atoms with van der Waals surface area (Å²) < 4.78 is 2.15. The standard InChI is InChI=1S/C28H32N3O2/c1-27(2)19-11-7-9-13-21(19)30(5)23(27)15-17-25(29-33)18(26(17)32)16-24-28(3,4)20-12-8-10-14-22(20)31(24)6/h7-17,25,29,33H,1-6H3/q+1. The predicted molar refractivity (Wildman–Crippen MR) is 132 cm³/mol. The molecule has 5 heteroatoms. The molecule has 2 atom stereocenters. The Hall–Kier alpha value is -3.02. The summed E-state index contributed by atoms with van der Waals surface area (Å²) in [6.07, 6.45) is 4.01. The molecule has 0 spiro atoms. The number of allylic oxidation sites excluding steroid dienone is 2. The monoisotopic (exact) mass is 442 g/mol. The quantitative estimate of drug-likeness (QED) is 0.418. The van der Waals surface area contributed by atoms with Crippen LogP contribution in [0.25, 0.3) is 0 Å². The minimum atomic E-state index is -0.432. The fourth-order valence-electron chi connectivity index (χ4n) is 5.96. The van der Waals surface area contributed by atoms with E-state index >= 15 is 0 Å². The molecule has 2 N–H and O–H groups in total. The molecule has 1 aliphatic carbocycles. The molecule has 2 heterocycles. The van der Waals surface area contributed by atoms with Crippen LogP contribution in [0, 0.1) is 5.92 Å². The van der Waals surface area contributed by atoms with E-state index in [1.54, 1.807) is 0 Å². The van der Waals surface area contributed by atoms with E-state index in [4.69, 9.17) is 0 Å². The molecule has 0 bridgehead atoms. The number of fused-ring (bicyclic) bond motifs is 2. The number of carbonyl (C=O) groups is 1. The molecule has 2 unspecified atom stereocenters. The van der Waals surface area contributed by atoms with Gasteiger partial charge in [-0.2, -0.15) is 10.1 Å².